The third-order valence-electron chi connectivity index (χ3n) is 1.95. The summed E-state index contributed by atoms with van der Waals surface area (Å²) in [5.74, 6) is 1.61. The molecular formula is C8H17N3. The molecule has 3 heteroatoms. The van der Waals surface area contributed by atoms with E-state index in [0.29, 0.717) is 5.92 Å². The number of nitrogens with zero attached hydrogens (tertiary/aromatic N) is 2. The largest absolute Gasteiger partial charge is 0.263 e. The van der Waals surface area contributed by atoms with Gasteiger partial charge in [0.25, 0.3) is 0 Å². The van der Waals surface area contributed by atoms with Crippen LogP contribution >= 0.6 is 0 Å². The van der Waals surface area contributed by atoms with Crippen LogP contribution in [0.5, 0.6) is 0 Å². The Morgan fingerprint density at radius 2 is 2.45 bits per heavy atom. The maximum absolute atomic E-state index is 4.14. The van der Waals surface area contributed by atoms with Crippen LogP contribution in [0.15, 0.2) is 6.33 Å². The highest BCUT2D eigenvalue weighted by atomic mass is 15.2. The lowest BCUT2D eigenvalue weighted by Crippen LogP contribution is -1.99. The van der Waals surface area contributed by atoms with Crippen molar-refractivity contribution in [2.45, 2.75) is 39.0 Å². The van der Waals surface area contributed by atoms with E-state index < -0.39 is 0 Å². The molecule has 0 fully saturated rings. The third kappa shape index (κ3) is 2.03. The van der Waals surface area contributed by atoms with Crippen molar-refractivity contribution in [1.82, 2.24) is 15.2 Å². The normalized spacial score (nSPS) is 13.3. The molecule has 0 saturated heterocycles. The monoisotopic (exact) mass is 155 g/mol. The lowest BCUT2D eigenvalue weighted by molar-refractivity contribution is 0.566. The molecule has 0 spiro atoms. The van der Waals surface area contributed by atoms with Crippen LogP contribution in [-0.2, 0) is 0 Å². The fraction of sp³-hybridized carbons (Fsp3) is 0.750. The lowest BCUT2D eigenvalue weighted by atomic mass is 10.0. The van der Waals surface area contributed by atoms with E-state index in [1.54, 1.807) is 6.33 Å². The molecule has 64 valence electrons. The molecule has 1 N–H and O–H groups in total. The second-order valence-corrected chi connectivity index (χ2v) is 2.76. The van der Waals surface area contributed by atoms with Gasteiger partial charge in [0, 0.05) is 7.34 Å². The van der Waals surface area contributed by atoms with Crippen LogP contribution in [0, 0.1) is 0 Å². The molecule has 0 bridgehead atoms. The Hall–Kier alpha value is -0.860. The van der Waals surface area contributed by atoms with Crippen LogP contribution in [0.2, 0.25) is 0 Å². The zero-order valence-electron chi connectivity index (χ0n) is 7.17. The Balaban J connectivity index is 0.00000121. The third-order valence-corrected chi connectivity index (χ3v) is 1.95. The molecule has 1 atom stereocenters. The number of nitrogens with one attached hydrogen (secondary N) is 1. The Morgan fingerprint density at radius 1 is 1.64 bits per heavy atom. The minimum Gasteiger partial charge on any atom is -0.263 e. The Labute approximate surface area is 68.7 Å². The first-order valence-electron chi connectivity index (χ1n) is 4.23. The van der Waals surface area contributed by atoms with Crippen molar-refractivity contribution in [3.8, 4) is 0 Å². The molecule has 0 aromatic carbocycles. The van der Waals surface area contributed by atoms with E-state index >= 15 is 0 Å². The fourth-order valence-electron chi connectivity index (χ4n) is 1.29. The molecule has 1 aromatic heterocycles. The van der Waals surface area contributed by atoms with E-state index in [4.69, 9.17) is 0 Å². The van der Waals surface area contributed by atoms with Crippen molar-refractivity contribution in [2.75, 3.05) is 0 Å². The summed E-state index contributed by atoms with van der Waals surface area (Å²) in [6, 6.07) is 0. The van der Waals surface area contributed by atoms with Gasteiger partial charge in [0.2, 0.25) is 0 Å². The quantitative estimate of drug-likeness (QED) is 0.725. The van der Waals surface area contributed by atoms with Gasteiger partial charge in [0.05, 0.1) is 0 Å². The van der Waals surface area contributed by atoms with Crippen LogP contribution < -0.4 is 0 Å². The van der Waals surface area contributed by atoms with Gasteiger partial charge in [-0.3, -0.25) is 5.10 Å². The van der Waals surface area contributed by atoms with Crippen molar-refractivity contribution in [1.29, 1.82) is 0 Å². The number of H-pyrrole nitrogens is 1. The van der Waals surface area contributed by atoms with E-state index in [-0.39, 0.29) is 1.43 Å². The number of aromatic amines is 1. The van der Waals surface area contributed by atoms with E-state index in [1.807, 2.05) is 0 Å². The maximum atomic E-state index is 4.14. The van der Waals surface area contributed by atoms with Crippen molar-refractivity contribution in [3.05, 3.63) is 12.2 Å². The topological polar surface area (TPSA) is 41.6 Å². The Morgan fingerprint density at radius 3 is 2.91 bits per heavy atom. The Kier molecular flexibility index (Phi) is 3.08. The molecule has 0 saturated carbocycles. The van der Waals surface area contributed by atoms with Crippen LogP contribution in [0.25, 0.3) is 0 Å². The maximum Gasteiger partial charge on any atom is 0.137 e. The van der Waals surface area contributed by atoms with Gasteiger partial charge < -0.3 is 0 Å². The smallest absolute Gasteiger partial charge is 0.137 e. The summed E-state index contributed by atoms with van der Waals surface area (Å²) in [7, 11) is 0. The minimum atomic E-state index is 0. The van der Waals surface area contributed by atoms with Crippen LogP contribution in [0.3, 0.4) is 0 Å². The van der Waals surface area contributed by atoms with Gasteiger partial charge in [-0.2, -0.15) is 5.10 Å². The fourth-order valence-corrected chi connectivity index (χ4v) is 1.29. The molecular weight excluding hydrogens is 138 g/mol. The summed E-state index contributed by atoms with van der Waals surface area (Å²) < 4.78 is 0. The molecule has 1 aromatic rings. The molecule has 0 aliphatic rings. The second-order valence-electron chi connectivity index (χ2n) is 2.76. The first-order valence-corrected chi connectivity index (χ1v) is 4.23. The van der Waals surface area contributed by atoms with Gasteiger partial charge in [-0.1, -0.05) is 20.3 Å². The van der Waals surface area contributed by atoms with Crippen molar-refractivity contribution < 1.29 is 1.43 Å². The molecule has 1 heterocycles. The van der Waals surface area contributed by atoms with E-state index in [9.17, 15) is 0 Å². The molecule has 1 rings (SSSR count). The number of rotatable bonds is 4. The Bertz CT molecular complexity index is 186. The predicted molar refractivity (Wildman–Crippen MR) is 46.4 cm³/mol. The predicted octanol–water partition coefficient (Wildman–Crippen LogP) is 2.34. The summed E-state index contributed by atoms with van der Waals surface area (Å²) in [6.45, 7) is 4.38. The zero-order valence-corrected chi connectivity index (χ0v) is 7.17. The van der Waals surface area contributed by atoms with E-state index in [2.05, 4.69) is 29.0 Å². The van der Waals surface area contributed by atoms with E-state index in [0.717, 1.165) is 12.2 Å². The lowest BCUT2D eigenvalue weighted by Gasteiger charge is -2.08. The summed E-state index contributed by atoms with van der Waals surface area (Å²) in [4.78, 5) is 4.14. The van der Waals surface area contributed by atoms with Crippen LogP contribution in [-0.4, -0.2) is 15.2 Å². The first kappa shape index (κ1) is 8.24. The van der Waals surface area contributed by atoms with Crippen LogP contribution in [0.1, 0.15) is 46.3 Å². The SMILES string of the molecule is CCCC(CC)c1ncn[nH]1.[HH]. The van der Waals surface area contributed by atoms with Gasteiger partial charge in [-0.05, 0) is 12.8 Å². The summed E-state index contributed by atoms with van der Waals surface area (Å²) >= 11 is 0. The average molecular weight is 155 g/mol. The van der Waals surface area contributed by atoms with Crippen molar-refractivity contribution in [2.24, 2.45) is 0 Å². The highest BCUT2D eigenvalue weighted by Gasteiger charge is 2.09. The standard InChI is InChI=1S/C8H15N3.H2/c1-3-5-7(4-2)8-9-6-10-11-8;/h6-7H,3-5H2,1-2H3,(H,9,10,11);1H. The van der Waals surface area contributed by atoms with Gasteiger partial charge >= 0.3 is 0 Å². The molecule has 1 unspecified atom stereocenters. The van der Waals surface area contributed by atoms with E-state index in [1.165, 1.54) is 12.8 Å². The number of hydrogen-bond donors (Lipinski definition) is 1. The molecule has 0 aliphatic carbocycles. The van der Waals surface area contributed by atoms with Gasteiger partial charge in [0.15, 0.2) is 0 Å². The molecule has 3 nitrogen and oxygen atoms in total. The average Bonchev–Trinajstić information content (AvgIpc) is 2.52. The van der Waals surface area contributed by atoms with Gasteiger partial charge in [-0.25, -0.2) is 4.98 Å². The highest BCUT2D eigenvalue weighted by molar-refractivity contribution is 4.91. The zero-order chi connectivity index (χ0) is 8.10. The first-order chi connectivity index (χ1) is 5.38. The summed E-state index contributed by atoms with van der Waals surface area (Å²) in [6.07, 6.45) is 5.13. The summed E-state index contributed by atoms with van der Waals surface area (Å²) in [5, 5.41) is 6.75. The highest BCUT2D eigenvalue weighted by Crippen LogP contribution is 2.19. The van der Waals surface area contributed by atoms with Crippen molar-refractivity contribution >= 4 is 0 Å². The minimum absolute atomic E-state index is 0. The molecule has 0 aliphatic heterocycles. The molecule has 0 radical (unpaired) electrons. The van der Waals surface area contributed by atoms with Gasteiger partial charge in [-0.15, -0.1) is 0 Å². The summed E-state index contributed by atoms with van der Waals surface area (Å²) in [5.41, 5.74) is 0. The van der Waals surface area contributed by atoms with Gasteiger partial charge in [0.1, 0.15) is 12.2 Å². The molecule has 11 heavy (non-hydrogen) atoms. The second kappa shape index (κ2) is 4.11. The number of hydrogen-bond acceptors (Lipinski definition) is 2. The molecule has 0 amide bonds. The number of aromatic nitrogens is 3. The van der Waals surface area contributed by atoms with Crippen LogP contribution in [0.4, 0.5) is 0 Å². The van der Waals surface area contributed by atoms with Crippen molar-refractivity contribution in [3.63, 3.8) is 0 Å².